The van der Waals surface area contributed by atoms with E-state index in [4.69, 9.17) is 4.52 Å². The van der Waals surface area contributed by atoms with Crippen LogP contribution in [0.2, 0.25) is 0 Å². The van der Waals surface area contributed by atoms with E-state index in [0.717, 1.165) is 19.4 Å². The molecule has 0 saturated heterocycles. The third-order valence-corrected chi connectivity index (χ3v) is 5.30. The topological polar surface area (TPSA) is 77.1 Å². The molecular formula is C15H11Br2N3O3S. The highest BCUT2D eigenvalue weighted by Gasteiger charge is 2.18. The van der Waals surface area contributed by atoms with Crippen molar-refractivity contribution in [2.24, 2.45) is 0 Å². The quantitative estimate of drug-likeness (QED) is 0.621. The molecule has 0 aliphatic rings. The van der Waals surface area contributed by atoms with E-state index in [9.17, 15) is 9.59 Å². The molecule has 0 bridgehead atoms. The third kappa shape index (κ3) is 3.52. The van der Waals surface area contributed by atoms with Gasteiger partial charge in [0.15, 0.2) is 5.82 Å². The van der Waals surface area contributed by atoms with E-state index < -0.39 is 5.76 Å². The zero-order valence-corrected chi connectivity index (χ0v) is 16.4. The summed E-state index contributed by atoms with van der Waals surface area (Å²) in [5.41, 5.74) is 1.65. The van der Waals surface area contributed by atoms with Gasteiger partial charge in [-0.15, -0.1) is 11.3 Å². The fourth-order valence-electron chi connectivity index (χ4n) is 2.13. The van der Waals surface area contributed by atoms with Gasteiger partial charge in [0.25, 0.3) is 0 Å². The largest absolute Gasteiger partial charge is 0.442 e. The van der Waals surface area contributed by atoms with Crippen molar-refractivity contribution in [3.8, 4) is 10.7 Å². The molecule has 3 aromatic rings. The molecule has 0 saturated carbocycles. The average Bonchev–Trinajstić information content (AvgIpc) is 3.14. The van der Waals surface area contributed by atoms with E-state index in [2.05, 4.69) is 42.3 Å². The maximum atomic E-state index is 12.4. The number of hydrogen-bond donors (Lipinski definition) is 1. The molecule has 1 N–H and O–H groups in total. The van der Waals surface area contributed by atoms with Gasteiger partial charge in [0.05, 0.1) is 10.6 Å². The molecule has 2 aromatic heterocycles. The van der Waals surface area contributed by atoms with Crippen LogP contribution in [-0.4, -0.2) is 15.6 Å². The van der Waals surface area contributed by atoms with Gasteiger partial charge in [0.1, 0.15) is 6.54 Å². The SMILES string of the molecule is Cc1cc(Br)c(NC(=O)Cn2c(-c3cccs3)noc2=O)c(Br)c1. The molecule has 24 heavy (non-hydrogen) atoms. The molecule has 0 atom stereocenters. The van der Waals surface area contributed by atoms with Crippen molar-refractivity contribution in [1.82, 2.24) is 9.72 Å². The molecule has 9 heteroatoms. The van der Waals surface area contributed by atoms with E-state index in [0.29, 0.717) is 11.5 Å². The minimum atomic E-state index is -0.671. The number of halogens is 2. The Morgan fingerprint density at radius 1 is 1.38 bits per heavy atom. The maximum Gasteiger partial charge on any atom is 0.442 e. The number of thiophene rings is 1. The van der Waals surface area contributed by atoms with Gasteiger partial charge in [-0.2, -0.15) is 0 Å². The molecule has 0 spiro atoms. The smallest absolute Gasteiger partial charge is 0.323 e. The van der Waals surface area contributed by atoms with Crippen LogP contribution < -0.4 is 11.1 Å². The van der Waals surface area contributed by atoms with Crippen LogP contribution >= 0.6 is 43.2 Å². The fraction of sp³-hybridized carbons (Fsp3) is 0.133. The Morgan fingerprint density at radius 2 is 2.08 bits per heavy atom. The summed E-state index contributed by atoms with van der Waals surface area (Å²) < 4.78 is 7.40. The van der Waals surface area contributed by atoms with E-state index in [-0.39, 0.29) is 12.5 Å². The first-order valence-corrected chi connectivity index (χ1v) is 9.28. The molecule has 3 rings (SSSR count). The molecule has 1 aromatic carbocycles. The average molecular weight is 473 g/mol. The lowest BCUT2D eigenvalue weighted by molar-refractivity contribution is -0.116. The molecule has 0 radical (unpaired) electrons. The van der Waals surface area contributed by atoms with Crippen LogP contribution in [0.3, 0.4) is 0 Å². The highest BCUT2D eigenvalue weighted by molar-refractivity contribution is 9.11. The monoisotopic (exact) mass is 471 g/mol. The predicted molar refractivity (Wildman–Crippen MR) is 99.3 cm³/mol. The van der Waals surface area contributed by atoms with Crippen molar-refractivity contribution in [2.45, 2.75) is 13.5 Å². The van der Waals surface area contributed by atoms with Crippen LogP contribution in [0.15, 0.2) is 47.9 Å². The maximum absolute atomic E-state index is 12.4. The Morgan fingerprint density at radius 3 is 2.71 bits per heavy atom. The van der Waals surface area contributed by atoms with Crippen LogP contribution in [0, 0.1) is 6.92 Å². The van der Waals surface area contributed by atoms with Crippen LogP contribution in [0.5, 0.6) is 0 Å². The lowest BCUT2D eigenvalue weighted by atomic mass is 10.2. The first-order chi connectivity index (χ1) is 11.5. The number of carbonyl (C=O) groups is 1. The number of nitrogens with zero attached hydrogens (tertiary/aromatic N) is 2. The highest BCUT2D eigenvalue weighted by Crippen LogP contribution is 2.32. The van der Waals surface area contributed by atoms with Crippen molar-refractivity contribution in [3.63, 3.8) is 0 Å². The lowest BCUT2D eigenvalue weighted by Gasteiger charge is -2.11. The number of carbonyl (C=O) groups excluding carboxylic acids is 1. The van der Waals surface area contributed by atoms with Gasteiger partial charge in [-0.1, -0.05) is 11.2 Å². The molecule has 2 heterocycles. The van der Waals surface area contributed by atoms with Gasteiger partial charge in [0.2, 0.25) is 5.91 Å². The van der Waals surface area contributed by atoms with Crippen molar-refractivity contribution < 1.29 is 9.32 Å². The number of rotatable bonds is 4. The van der Waals surface area contributed by atoms with E-state index in [1.54, 1.807) is 0 Å². The molecule has 0 unspecified atom stereocenters. The van der Waals surface area contributed by atoms with Crippen LogP contribution in [-0.2, 0) is 11.3 Å². The molecule has 1 amide bonds. The van der Waals surface area contributed by atoms with Gasteiger partial charge in [-0.3, -0.25) is 9.32 Å². The number of nitrogens with one attached hydrogen (secondary N) is 1. The zero-order valence-electron chi connectivity index (χ0n) is 12.4. The lowest BCUT2D eigenvalue weighted by Crippen LogP contribution is -2.25. The van der Waals surface area contributed by atoms with E-state index >= 15 is 0 Å². The van der Waals surface area contributed by atoms with Crippen molar-refractivity contribution in [2.75, 3.05) is 5.32 Å². The second kappa shape index (κ2) is 7.04. The minimum absolute atomic E-state index is 0.192. The highest BCUT2D eigenvalue weighted by atomic mass is 79.9. The second-order valence-electron chi connectivity index (χ2n) is 4.99. The standard InChI is InChI=1S/C15H11Br2N3O3S/c1-8-5-9(16)13(10(17)6-8)18-12(21)7-20-14(19-23-15(20)22)11-3-2-4-24-11/h2-6H,7H2,1H3,(H,18,21). The summed E-state index contributed by atoms with van der Waals surface area (Å²) in [6, 6.07) is 7.43. The van der Waals surface area contributed by atoms with E-state index in [1.807, 2.05) is 36.6 Å². The summed E-state index contributed by atoms with van der Waals surface area (Å²) in [6.45, 7) is 1.76. The Labute approximate surface area is 157 Å². The number of benzene rings is 1. The first-order valence-electron chi connectivity index (χ1n) is 6.81. The molecule has 0 aliphatic carbocycles. The summed E-state index contributed by atoms with van der Waals surface area (Å²) in [5.74, 6) is -0.689. The van der Waals surface area contributed by atoms with Crippen molar-refractivity contribution in [3.05, 3.63) is 54.7 Å². The van der Waals surface area contributed by atoms with Crippen molar-refractivity contribution >= 4 is 54.8 Å². The van der Waals surface area contributed by atoms with Gasteiger partial charge < -0.3 is 5.32 Å². The number of aryl methyl sites for hydroxylation is 1. The normalized spacial score (nSPS) is 10.8. The van der Waals surface area contributed by atoms with E-state index in [1.165, 1.54) is 15.9 Å². The Bertz CT molecular complexity index is 924. The Balaban J connectivity index is 1.84. The minimum Gasteiger partial charge on any atom is -0.323 e. The number of hydrogen-bond acceptors (Lipinski definition) is 5. The summed E-state index contributed by atoms with van der Waals surface area (Å²) in [7, 11) is 0. The van der Waals surface area contributed by atoms with Crippen LogP contribution in [0.4, 0.5) is 5.69 Å². The number of anilines is 1. The molecular weight excluding hydrogens is 462 g/mol. The predicted octanol–water partition coefficient (Wildman–Crippen LogP) is 4.04. The number of amides is 1. The number of aromatic nitrogens is 2. The van der Waals surface area contributed by atoms with Crippen LogP contribution in [0.1, 0.15) is 5.56 Å². The molecule has 0 fully saturated rings. The fourth-order valence-corrected chi connectivity index (χ4v) is 4.46. The first kappa shape index (κ1) is 17.1. The Kier molecular flexibility index (Phi) is 5.02. The molecule has 6 nitrogen and oxygen atoms in total. The summed E-state index contributed by atoms with van der Waals surface area (Å²) in [4.78, 5) is 25.0. The summed E-state index contributed by atoms with van der Waals surface area (Å²) in [6.07, 6.45) is 0. The van der Waals surface area contributed by atoms with Gasteiger partial charge in [0, 0.05) is 8.95 Å². The summed E-state index contributed by atoms with van der Waals surface area (Å²) >= 11 is 8.26. The zero-order chi connectivity index (χ0) is 17.3. The molecule has 124 valence electrons. The van der Waals surface area contributed by atoms with Gasteiger partial charge in [-0.05, 0) is 67.9 Å². The van der Waals surface area contributed by atoms with Crippen molar-refractivity contribution in [1.29, 1.82) is 0 Å². The second-order valence-corrected chi connectivity index (χ2v) is 7.64. The van der Waals surface area contributed by atoms with Gasteiger partial charge in [-0.25, -0.2) is 9.36 Å². The Hall–Kier alpha value is -1.71. The molecule has 0 aliphatic heterocycles. The van der Waals surface area contributed by atoms with Crippen LogP contribution in [0.25, 0.3) is 10.7 Å². The van der Waals surface area contributed by atoms with Gasteiger partial charge >= 0.3 is 5.76 Å². The third-order valence-electron chi connectivity index (χ3n) is 3.18. The summed E-state index contributed by atoms with van der Waals surface area (Å²) in [5, 5.41) is 8.40.